The van der Waals surface area contributed by atoms with Crippen molar-refractivity contribution >= 4 is 11.3 Å². The van der Waals surface area contributed by atoms with E-state index < -0.39 is 0 Å². The van der Waals surface area contributed by atoms with Gasteiger partial charge in [-0.2, -0.15) is 0 Å². The number of aryl methyl sites for hydroxylation is 1. The van der Waals surface area contributed by atoms with Gasteiger partial charge in [-0.15, -0.1) is 11.3 Å². The third kappa shape index (κ3) is 2.19. The van der Waals surface area contributed by atoms with Crippen LogP contribution in [-0.4, -0.2) is 22.0 Å². The van der Waals surface area contributed by atoms with E-state index in [1.54, 1.807) is 29.9 Å². The molecule has 0 aromatic carbocycles. The molecule has 15 heavy (non-hydrogen) atoms. The van der Waals surface area contributed by atoms with E-state index in [2.05, 4.69) is 20.3 Å². The molecule has 0 spiro atoms. The number of hydrogen-bond acceptors (Lipinski definition) is 5. The highest BCUT2D eigenvalue weighted by atomic mass is 32.1. The summed E-state index contributed by atoms with van der Waals surface area (Å²) in [6, 6.07) is 0. The Morgan fingerprint density at radius 2 is 2.27 bits per heavy atom. The zero-order chi connectivity index (χ0) is 10.7. The molecule has 1 N–H and O–H groups in total. The lowest BCUT2D eigenvalue weighted by molar-refractivity contribution is 0.823. The Hall–Kier alpha value is -1.33. The highest BCUT2D eigenvalue weighted by molar-refractivity contribution is 7.15. The maximum Gasteiger partial charge on any atom is 0.144 e. The number of hydrogen-bond donors (Lipinski definition) is 1. The molecule has 0 saturated heterocycles. The van der Waals surface area contributed by atoms with Gasteiger partial charge in [0.15, 0.2) is 0 Å². The van der Waals surface area contributed by atoms with Crippen molar-refractivity contribution in [3.63, 3.8) is 0 Å². The van der Waals surface area contributed by atoms with Gasteiger partial charge in [0.25, 0.3) is 0 Å². The molecule has 0 aliphatic rings. The van der Waals surface area contributed by atoms with Crippen LogP contribution in [-0.2, 0) is 6.54 Å². The predicted octanol–water partition coefficient (Wildman–Crippen LogP) is 1.63. The van der Waals surface area contributed by atoms with E-state index >= 15 is 0 Å². The summed E-state index contributed by atoms with van der Waals surface area (Å²) in [4.78, 5) is 14.0. The highest BCUT2D eigenvalue weighted by Gasteiger charge is 2.09. The molecular formula is C10H12N4S. The molecule has 2 heterocycles. The van der Waals surface area contributed by atoms with Crippen molar-refractivity contribution < 1.29 is 0 Å². The van der Waals surface area contributed by atoms with Crippen molar-refractivity contribution in [3.8, 4) is 10.7 Å². The summed E-state index contributed by atoms with van der Waals surface area (Å²) >= 11 is 1.66. The van der Waals surface area contributed by atoms with Gasteiger partial charge in [-0.05, 0) is 14.0 Å². The second-order valence-electron chi connectivity index (χ2n) is 3.15. The molecule has 78 valence electrons. The van der Waals surface area contributed by atoms with Gasteiger partial charge < -0.3 is 5.32 Å². The Labute approximate surface area is 92.4 Å². The van der Waals surface area contributed by atoms with Crippen molar-refractivity contribution in [3.05, 3.63) is 29.2 Å². The van der Waals surface area contributed by atoms with E-state index in [9.17, 15) is 0 Å². The first-order valence-electron chi connectivity index (χ1n) is 4.68. The Balaban J connectivity index is 2.34. The zero-order valence-corrected chi connectivity index (χ0v) is 9.51. The number of rotatable bonds is 3. The van der Waals surface area contributed by atoms with Crippen LogP contribution in [0.4, 0.5) is 0 Å². The summed E-state index contributed by atoms with van der Waals surface area (Å²) in [5.74, 6) is 0. The SMILES string of the molecule is CNCc1sc(-c2cnccn2)nc1C. The fourth-order valence-corrected chi connectivity index (χ4v) is 2.31. The van der Waals surface area contributed by atoms with Crippen LogP contribution in [0.2, 0.25) is 0 Å². The van der Waals surface area contributed by atoms with Gasteiger partial charge in [0.05, 0.1) is 11.9 Å². The Morgan fingerprint density at radius 3 is 2.93 bits per heavy atom. The topological polar surface area (TPSA) is 50.7 Å². The summed E-state index contributed by atoms with van der Waals surface area (Å²) in [6.45, 7) is 2.87. The van der Waals surface area contributed by atoms with Crippen molar-refractivity contribution in [1.82, 2.24) is 20.3 Å². The highest BCUT2D eigenvalue weighted by Crippen LogP contribution is 2.25. The zero-order valence-electron chi connectivity index (χ0n) is 8.69. The monoisotopic (exact) mass is 220 g/mol. The van der Waals surface area contributed by atoms with Crippen LogP contribution in [0.5, 0.6) is 0 Å². The summed E-state index contributed by atoms with van der Waals surface area (Å²) < 4.78 is 0. The van der Waals surface area contributed by atoms with Crippen molar-refractivity contribution in [1.29, 1.82) is 0 Å². The smallest absolute Gasteiger partial charge is 0.144 e. The van der Waals surface area contributed by atoms with E-state index in [1.165, 1.54) is 4.88 Å². The first-order valence-corrected chi connectivity index (χ1v) is 5.50. The van der Waals surface area contributed by atoms with Crippen LogP contribution in [0.25, 0.3) is 10.7 Å². The average Bonchev–Trinajstić information content (AvgIpc) is 2.63. The summed E-state index contributed by atoms with van der Waals surface area (Å²) in [6.07, 6.45) is 5.09. The lowest BCUT2D eigenvalue weighted by Gasteiger charge is -1.93. The van der Waals surface area contributed by atoms with Crippen LogP contribution >= 0.6 is 11.3 Å². The molecule has 0 fully saturated rings. The van der Waals surface area contributed by atoms with E-state index in [0.29, 0.717) is 0 Å². The second kappa shape index (κ2) is 4.46. The molecule has 2 aromatic heterocycles. The second-order valence-corrected chi connectivity index (χ2v) is 4.23. The lowest BCUT2D eigenvalue weighted by atomic mass is 10.4. The largest absolute Gasteiger partial charge is 0.315 e. The van der Waals surface area contributed by atoms with Crippen molar-refractivity contribution in [2.45, 2.75) is 13.5 Å². The third-order valence-corrected chi connectivity index (χ3v) is 3.19. The third-order valence-electron chi connectivity index (χ3n) is 2.01. The predicted molar refractivity (Wildman–Crippen MR) is 60.6 cm³/mol. The molecule has 0 radical (unpaired) electrons. The molecule has 4 nitrogen and oxygen atoms in total. The molecule has 0 amide bonds. The van der Waals surface area contributed by atoms with E-state index in [0.717, 1.165) is 22.9 Å². The average molecular weight is 220 g/mol. The Bertz CT molecular complexity index is 438. The minimum Gasteiger partial charge on any atom is -0.315 e. The molecular weight excluding hydrogens is 208 g/mol. The first kappa shape index (κ1) is 10.2. The van der Waals surface area contributed by atoms with Crippen LogP contribution in [0.1, 0.15) is 10.6 Å². The van der Waals surface area contributed by atoms with Crippen LogP contribution < -0.4 is 5.32 Å². The van der Waals surface area contributed by atoms with Crippen LogP contribution in [0, 0.1) is 6.92 Å². The van der Waals surface area contributed by atoms with Crippen molar-refractivity contribution in [2.24, 2.45) is 0 Å². The van der Waals surface area contributed by atoms with Gasteiger partial charge in [-0.1, -0.05) is 0 Å². The quantitative estimate of drug-likeness (QED) is 0.854. The maximum atomic E-state index is 4.48. The van der Waals surface area contributed by atoms with E-state index in [4.69, 9.17) is 0 Å². The first-order chi connectivity index (χ1) is 7.31. The van der Waals surface area contributed by atoms with E-state index in [-0.39, 0.29) is 0 Å². The van der Waals surface area contributed by atoms with Gasteiger partial charge in [0, 0.05) is 23.8 Å². The number of thiazole rings is 1. The lowest BCUT2D eigenvalue weighted by Crippen LogP contribution is -2.04. The summed E-state index contributed by atoms with van der Waals surface area (Å²) in [5.41, 5.74) is 1.91. The summed E-state index contributed by atoms with van der Waals surface area (Å²) in [5, 5.41) is 4.06. The van der Waals surface area contributed by atoms with E-state index in [1.807, 2.05) is 14.0 Å². The molecule has 2 aromatic rings. The van der Waals surface area contributed by atoms with Crippen LogP contribution in [0.15, 0.2) is 18.6 Å². The Kier molecular flexibility index (Phi) is 3.03. The minimum absolute atomic E-state index is 0.841. The van der Waals surface area contributed by atoms with Gasteiger partial charge in [0.1, 0.15) is 10.7 Å². The molecule has 5 heteroatoms. The van der Waals surface area contributed by atoms with Crippen molar-refractivity contribution in [2.75, 3.05) is 7.05 Å². The van der Waals surface area contributed by atoms with Gasteiger partial charge in [0.2, 0.25) is 0 Å². The normalized spacial score (nSPS) is 10.5. The van der Waals surface area contributed by atoms with Gasteiger partial charge in [-0.3, -0.25) is 9.97 Å². The minimum atomic E-state index is 0.841. The summed E-state index contributed by atoms with van der Waals surface area (Å²) in [7, 11) is 1.93. The number of nitrogens with zero attached hydrogens (tertiary/aromatic N) is 3. The molecule has 0 aliphatic heterocycles. The molecule has 0 atom stereocenters. The molecule has 0 unspecified atom stereocenters. The van der Waals surface area contributed by atoms with Crippen LogP contribution in [0.3, 0.4) is 0 Å². The standard InChI is InChI=1S/C10H12N4S/c1-7-9(6-11-2)15-10(14-7)8-5-12-3-4-13-8/h3-5,11H,6H2,1-2H3. The number of nitrogens with one attached hydrogen (secondary N) is 1. The fraction of sp³-hybridized carbons (Fsp3) is 0.300. The number of aromatic nitrogens is 3. The fourth-order valence-electron chi connectivity index (χ4n) is 1.27. The Morgan fingerprint density at radius 1 is 1.40 bits per heavy atom. The molecule has 2 rings (SSSR count). The molecule has 0 bridgehead atoms. The molecule has 0 aliphatic carbocycles. The van der Waals surface area contributed by atoms with Gasteiger partial charge in [-0.25, -0.2) is 4.98 Å². The maximum absolute atomic E-state index is 4.48. The molecule has 0 saturated carbocycles. The van der Waals surface area contributed by atoms with Gasteiger partial charge >= 0.3 is 0 Å².